The Balaban J connectivity index is 1.33. The van der Waals surface area contributed by atoms with Crippen LogP contribution in [0, 0.1) is 5.92 Å². The zero-order valence-corrected chi connectivity index (χ0v) is 17.4. The van der Waals surface area contributed by atoms with Crippen LogP contribution >= 0.6 is 22.9 Å². The van der Waals surface area contributed by atoms with Crippen LogP contribution < -0.4 is 10.6 Å². The lowest BCUT2D eigenvalue weighted by Gasteiger charge is -2.14. The molecule has 2 N–H and O–H groups in total. The van der Waals surface area contributed by atoms with Crippen LogP contribution in [0.1, 0.15) is 30.7 Å². The second-order valence-electron chi connectivity index (χ2n) is 7.48. The molecule has 5 nitrogen and oxygen atoms in total. The molecule has 2 atom stereocenters. The van der Waals surface area contributed by atoms with Gasteiger partial charge in [-0.15, -0.1) is 11.3 Å². The molecule has 4 rings (SSSR count). The molecule has 0 saturated carbocycles. The summed E-state index contributed by atoms with van der Waals surface area (Å²) >= 11 is 7.78. The molecular formula is C21H25ClN4OS. The van der Waals surface area contributed by atoms with Gasteiger partial charge < -0.3 is 10.6 Å². The van der Waals surface area contributed by atoms with Crippen LogP contribution in [0.2, 0.25) is 5.02 Å². The SMILES string of the molecule is O=C(NC1CCNC1)C1=CC(CCCc2nc3ccc(Cl)cc3s2)CN=CC1. The molecule has 0 bridgehead atoms. The molecule has 0 aliphatic carbocycles. The van der Waals surface area contributed by atoms with Crippen molar-refractivity contribution in [1.82, 2.24) is 15.6 Å². The monoisotopic (exact) mass is 416 g/mol. The number of aliphatic imine (C=N–C) groups is 1. The third-order valence-corrected chi connectivity index (χ3v) is 6.58. The molecule has 2 aromatic rings. The second kappa shape index (κ2) is 9.16. The topological polar surface area (TPSA) is 66.4 Å². The number of halogens is 1. The first-order valence-electron chi connectivity index (χ1n) is 9.93. The van der Waals surface area contributed by atoms with Crippen LogP contribution in [-0.4, -0.2) is 42.8 Å². The van der Waals surface area contributed by atoms with Gasteiger partial charge in [-0.05, 0) is 56.3 Å². The van der Waals surface area contributed by atoms with Crippen molar-refractivity contribution in [1.29, 1.82) is 0 Å². The van der Waals surface area contributed by atoms with Gasteiger partial charge in [-0.2, -0.15) is 0 Å². The van der Waals surface area contributed by atoms with Gasteiger partial charge in [-0.3, -0.25) is 9.79 Å². The normalized spacial score (nSPS) is 22.2. The van der Waals surface area contributed by atoms with Gasteiger partial charge in [0.1, 0.15) is 0 Å². The van der Waals surface area contributed by atoms with E-state index in [0.29, 0.717) is 12.3 Å². The minimum Gasteiger partial charge on any atom is -0.348 e. The summed E-state index contributed by atoms with van der Waals surface area (Å²) < 4.78 is 1.14. The van der Waals surface area contributed by atoms with E-state index in [1.54, 1.807) is 11.3 Å². The zero-order chi connectivity index (χ0) is 19.3. The number of thiazole rings is 1. The lowest BCUT2D eigenvalue weighted by molar-refractivity contribution is -0.118. The number of nitrogens with zero attached hydrogens (tertiary/aromatic N) is 2. The summed E-state index contributed by atoms with van der Waals surface area (Å²) in [6.07, 6.45) is 8.64. The predicted molar refractivity (Wildman–Crippen MR) is 117 cm³/mol. The number of carbonyl (C=O) groups is 1. The number of aromatic nitrogens is 1. The van der Waals surface area contributed by atoms with Crippen LogP contribution in [0.4, 0.5) is 0 Å². The third-order valence-electron chi connectivity index (χ3n) is 5.26. The molecule has 148 valence electrons. The first kappa shape index (κ1) is 19.6. The van der Waals surface area contributed by atoms with Crippen molar-refractivity contribution in [3.8, 4) is 0 Å². The molecule has 1 aromatic carbocycles. The Bertz CT molecular complexity index is 901. The lowest BCUT2D eigenvalue weighted by Crippen LogP contribution is -2.37. The average Bonchev–Trinajstić information content (AvgIpc) is 3.26. The Morgan fingerprint density at radius 2 is 2.32 bits per heavy atom. The average molecular weight is 417 g/mol. The fourth-order valence-corrected chi connectivity index (χ4v) is 5.03. The van der Waals surface area contributed by atoms with Gasteiger partial charge in [0.15, 0.2) is 0 Å². The number of fused-ring (bicyclic) bond motifs is 1. The summed E-state index contributed by atoms with van der Waals surface area (Å²) in [6.45, 7) is 2.60. The van der Waals surface area contributed by atoms with Crippen molar-refractivity contribution in [2.45, 2.75) is 38.1 Å². The Labute approximate surface area is 174 Å². The maximum atomic E-state index is 12.6. The summed E-state index contributed by atoms with van der Waals surface area (Å²) in [5.74, 6) is 0.375. The summed E-state index contributed by atoms with van der Waals surface area (Å²) in [6, 6.07) is 6.09. The van der Waals surface area contributed by atoms with Gasteiger partial charge in [0.2, 0.25) is 5.91 Å². The van der Waals surface area contributed by atoms with Gasteiger partial charge >= 0.3 is 0 Å². The summed E-state index contributed by atoms with van der Waals surface area (Å²) in [5.41, 5.74) is 1.87. The molecule has 0 radical (unpaired) electrons. The van der Waals surface area contributed by atoms with Crippen molar-refractivity contribution >= 4 is 45.3 Å². The number of aryl methyl sites for hydroxylation is 1. The van der Waals surface area contributed by atoms with Gasteiger partial charge in [-0.25, -0.2) is 4.98 Å². The largest absolute Gasteiger partial charge is 0.348 e. The Kier molecular flexibility index (Phi) is 6.40. The van der Waals surface area contributed by atoms with Crippen molar-refractivity contribution in [2.75, 3.05) is 19.6 Å². The summed E-state index contributed by atoms with van der Waals surface area (Å²) in [7, 11) is 0. The van der Waals surface area contributed by atoms with E-state index in [9.17, 15) is 4.79 Å². The van der Waals surface area contributed by atoms with E-state index in [-0.39, 0.29) is 11.9 Å². The minimum atomic E-state index is 0.0649. The lowest BCUT2D eigenvalue weighted by atomic mass is 9.98. The first-order valence-corrected chi connectivity index (χ1v) is 11.1. The maximum Gasteiger partial charge on any atom is 0.247 e. The van der Waals surface area contributed by atoms with Crippen molar-refractivity contribution in [3.05, 3.63) is 39.9 Å². The van der Waals surface area contributed by atoms with Gasteiger partial charge in [0, 0.05) is 42.4 Å². The van der Waals surface area contributed by atoms with Crippen LogP contribution in [-0.2, 0) is 11.2 Å². The van der Waals surface area contributed by atoms with Crippen molar-refractivity contribution in [3.63, 3.8) is 0 Å². The van der Waals surface area contributed by atoms with E-state index in [4.69, 9.17) is 16.6 Å². The quantitative estimate of drug-likeness (QED) is 0.753. The minimum absolute atomic E-state index is 0.0649. The van der Waals surface area contributed by atoms with Crippen molar-refractivity contribution in [2.24, 2.45) is 10.9 Å². The first-order chi connectivity index (χ1) is 13.7. The maximum absolute atomic E-state index is 12.6. The summed E-state index contributed by atoms with van der Waals surface area (Å²) in [4.78, 5) is 21.8. The molecule has 0 spiro atoms. The van der Waals surface area contributed by atoms with Crippen LogP contribution in [0.5, 0.6) is 0 Å². The molecule has 1 aromatic heterocycles. The van der Waals surface area contributed by atoms with E-state index < -0.39 is 0 Å². The standard InChI is InChI=1S/C21H25ClN4OS/c22-16-4-5-18-19(11-16)28-20(26-18)3-1-2-14-10-15(6-8-23-12-14)21(27)25-17-7-9-24-13-17/h4-5,8,10-11,14,17,24H,1-3,6-7,9,12-13H2,(H,25,27). The fraction of sp³-hybridized carbons (Fsp3) is 0.476. The molecule has 28 heavy (non-hydrogen) atoms. The molecule has 2 unspecified atom stereocenters. The van der Waals surface area contributed by atoms with Crippen LogP contribution in [0.15, 0.2) is 34.8 Å². The van der Waals surface area contributed by atoms with Crippen LogP contribution in [0.3, 0.4) is 0 Å². The van der Waals surface area contributed by atoms with E-state index in [1.807, 2.05) is 24.4 Å². The number of benzene rings is 1. The molecule has 2 aliphatic heterocycles. The number of carbonyl (C=O) groups excluding carboxylic acids is 1. The molecule has 3 heterocycles. The van der Waals surface area contributed by atoms with E-state index in [0.717, 1.165) is 71.1 Å². The second-order valence-corrected chi connectivity index (χ2v) is 9.03. The highest BCUT2D eigenvalue weighted by atomic mass is 35.5. The van der Waals surface area contributed by atoms with Crippen LogP contribution in [0.25, 0.3) is 10.2 Å². The highest BCUT2D eigenvalue weighted by molar-refractivity contribution is 7.18. The summed E-state index contributed by atoms with van der Waals surface area (Å²) in [5, 5.41) is 8.33. The Hall–Kier alpha value is -1.76. The highest BCUT2D eigenvalue weighted by Gasteiger charge is 2.20. The van der Waals surface area contributed by atoms with Gasteiger partial charge in [0.25, 0.3) is 0 Å². The van der Waals surface area contributed by atoms with Gasteiger partial charge in [-0.1, -0.05) is 17.7 Å². The molecular weight excluding hydrogens is 392 g/mol. The number of hydrogen-bond donors (Lipinski definition) is 2. The molecule has 1 fully saturated rings. The van der Waals surface area contributed by atoms with E-state index >= 15 is 0 Å². The number of rotatable bonds is 6. The number of amides is 1. The predicted octanol–water partition coefficient (Wildman–Crippen LogP) is 3.77. The molecule has 1 saturated heterocycles. The van der Waals surface area contributed by atoms with E-state index in [2.05, 4.69) is 21.7 Å². The van der Waals surface area contributed by atoms with E-state index in [1.165, 1.54) is 0 Å². The third kappa shape index (κ3) is 4.99. The fourth-order valence-electron chi connectivity index (χ4n) is 3.75. The molecule has 2 aliphatic rings. The Morgan fingerprint density at radius 1 is 1.39 bits per heavy atom. The smallest absolute Gasteiger partial charge is 0.247 e. The Morgan fingerprint density at radius 3 is 3.18 bits per heavy atom. The zero-order valence-electron chi connectivity index (χ0n) is 15.8. The molecule has 1 amide bonds. The molecule has 7 heteroatoms. The van der Waals surface area contributed by atoms with Gasteiger partial charge in [0.05, 0.1) is 15.2 Å². The number of hydrogen-bond acceptors (Lipinski definition) is 5. The van der Waals surface area contributed by atoms with Crippen molar-refractivity contribution < 1.29 is 4.79 Å². The number of nitrogens with one attached hydrogen (secondary N) is 2. The highest BCUT2D eigenvalue weighted by Crippen LogP contribution is 2.27.